The summed E-state index contributed by atoms with van der Waals surface area (Å²) >= 11 is -2.29. The minimum Gasteiger partial charge on any atom is -0.282 e. The molecule has 0 fully saturated rings. The van der Waals surface area contributed by atoms with E-state index < -0.39 is 11.4 Å². The second-order valence-electron chi connectivity index (χ2n) is 2.17. The molecule has 0 aromatic heterocycles. The Morgan fingerprint density at radius 3 is 2.64 bits per heavy atom. The first-order chi connectivity index (χ1) is 5.27. The molecule has 0 aliphatic rings. The van der Waals surface area contributed by atoms with E-state index in [0.29, 0.717) is 6.61 Å². The normalized spacial score (nSPS) is 13.3. The third-order valence-corrected chi connectivity index (χ3v) is 1.40. The molecule has 1 N–H and O–H groups in total. The fourth-order valence-electron chi connectivity index (χ4n) is 0.663. The maximum absolute atomic E-state index is 9.85. The molecular weight excluding hydrogens is 168 g/mol. The van der Waals surface area contributed by atoms with E-state index >= 15 is 0 Å². The zero-order valence-electron chi connectivity index (χ0n) is 6.62. The first kappa shape index (κ1) is 11.0. The summed E-state index contributed by atoms with van der Waals surface area (Å²) < 4.78 is 21.9. The SMILES string of the molecule is CCCCCCOOS(=O)O. The van der Waals surface area contributed by atoms with Gasteiger partial charge in [-0.15, -0.1) is 4.33 Å². The highest BCUT2D eigenvalue weighted by atomic mass is 32.2. The molecule has 0 aromatic carbocycles. The average Bonchev–Trinajstić information content (AvgIpc) is 1.96. The van der Waals surface area contributed by atoms with Gasteiger partial charge in [0.1, 0.15) is 0 Å². The monoisotopic (exact) mass is 182 g/mol. The lowest BCUT2D eigenvalue weighted by Crippen LogP contribution is -1.98. The highest BCUT2D eigenvalue weighted by Gasteiger charge is 1.93. The van der Waals surface area contributed by atoms with Crippen LogP contribution in [0.1, 0.15) is 32.6 Å². The van der Waals surface area contributed by atoms with Crippen LogP contribution in [0.25, 0.3) is 0 Å². The average molecular weight is 182 g/mol. The first-order valence-corrected chi connectivity index (χ1v) is 4.71. The molecule has 0 spiro atoms. The van der Waals surface area contributed by atoms with Gasteiger partial charge >= 0.3 is 11.4 Å². The largest absolute Gasteiger partial charge is 0.330 e. The second-order valence-corrected chi connectivity index (χ2v) is 2.74. The molecule has 0 heterocycles. The fourth-order valence-corrected chi connectivity index (χ4v) is 0.813. The van der Waals surface area contributed by atoms with Gasteiger partial charge in [0.25, 0.3) is 0 Å². The third kappa shape index (κ3) is 10.0. The minimum atomic E-state index is -2.29. The smallest absolute Gasteiger partial charge is 0.282 e. The van der Waals surface area contributed by atoms with Crippen LogP contribution in [0.4, 0.5) is 0 Å². The van der Waals surface area contributed by atoms with Crippen LogP contribution in [-0.2, 0) is 20.6 Å². The minimum absolute atomic E-state index is 0.381. The van der Waals surface area contributed by atoms with Gasteiger partial charge in [-0.05, 0) is 6.42 Å². The summed E-state index contributed by atoms with van der Waals surface area (Å²) in [6.45, 7) is 2.49. The van der Waals surface area contributed by atoms with Crippen LogP contribution in [0, 0.1) is 0 Å². The van der Waals surface area contributed by atoms with Crippen molar-refractivity contribution >= 4 is 11.4 Å². The highest BCUT2D eigenvalue weighted by molar-refractivity contribution is 7.74. The predicted octanol–water partition coefficient (Wildman–Crippen LogP) is 1.65. The Kier molecular flexibility index (Phi) is 8.15. The molecule has 0 aromatic rings. The Bertz CT molecular complexity index is 107. The molecule has 0 rings (SSSR count). The molecule has 0 amide bonds. The van der Waals surface area contributed by atoms with Gasteiger partial charge in [-0.1, -0.05) is 26.2 Å². The summed E-state index contributed by atoms with van der Waals surface area (Å²) in [5.41, 5.74) is 0. The molecule has 0 aliphatic heterocycles. The molecule has 5 heteroatoms. The van der Waals surface area contributed by atoms with Crippen molar-refractivity contribution in [2.75, 3.05) is 6.61 Å². The van der Waals surface area contributed by atoms with Crippen LogP contribution in [0.2, 0.25) is 0 Å². The number of hydrogen-bond acceptors (Lipinski definition) is 3. The lowest BCUT2D eigenvalue weighted by molar-refractivity contribution is -0.202. The molecule has 0 bridgehead atoms. The Hall–Kier alpha value is 0.0300. The maximum atomic E-state index is 9.85. The van der Waals surface area contributed by atoms with Gasteiger partial charge in [0.15, 0.2) is 0 Å². The standard InChI is InChI=1S/C6H14O4S/c1-2-3-4-5-6-9-10-11(7)8/h2-6H2,1H3,(H,7,8). The topological polar surface area (TPSA) is 55.8 Å². The van der Waals surface area contributed by atoms with E-state index in [2.05, 4.69) is 16.1 Å². The zero-order valence-corrected chi connectivity index (χ0v) is 7.43. The molecule has 0 aliphatic carbocycles. The van der Waals surface area contributed by atoms with Crippen LogP contribution >= 0.6 is 0 Å². The van der Waals surface area contributed by atoms with E-state index in [9.17, 15) is 4.21 Å². The van der Waals surface area contributed by atoms with Crippen LogP contribution in [0.15, 0.2) is 0 Å². The van der Waals surface area contributed by atoms with Gasteiger partial charge in [-0.2, -0.15) is 4.21 Å². The van der Waals surface area contributed by atoms with Crippen molar-refractivity contribution in [2.45, 2.75) is 32.6 Å². The molecular formula is C6H14O4S. The first-order valence-electron chi connectivity index (χ1n) is 3.68. The van der Waals surface area contributed by atoms with Gasteiger partial charge in [0, 0.05) is 0 Å². The van der Waals surface area contributed by atoms with E-state index in [4.69, 9.17) is 4.55 Å². The van der Waals surface area contributed by atoms with E-state index in [1.54, 1.807) is 0 Å². The molecule has 0 radical (unpaired) electrons. The molecule has 11 heavy (non-hydrogen) atoms. The quantitative estimate of drug-likeness (QED) is 0.281. The molecule has 0 saturated heterocycles. The lowest BCUT2D eigenvalue weighted by Gasteiger charge is -1.98. The van der Waals surface area contributed by atoms with E-state index in [-0.39, 0.29) is 0 Å². The van der Waals surface area contributed by atoms with Crippen molar-refractivity contribution in [3.63, 3.8) is 0 Å². The summed E-state index contributed by atoms with van der Waals surface area (Å²) in [5.74, 6) is 0. The molecule has 4 nitrogen and oxygen atoms in total. The number of unbranched alkanes of at least 4 members (excludes halogenated alkanes) is 3. The highest BCUT2D eigenvalue weighted by Crippen LogP contribution is 1.99. The Balaban J connectivity index is 2.85. The second kappa shape index (κ2) is 8.13. The third-order valence-electron chi connectivity index (χ3n) is 1.19. The van der Waals surface area contributed by atoms with Crippen LogP contribution in [0.5, 0.6) is 0 Å². The van der Waals surface area contributed by atoms with Crippen molar-refractivity contribution in [3.8, 4) is 0 Å². The van der Waals surface area contributed by atoms with Crippen LogP contribution in [-0.4, -0.2) is 15.4 Å². The summed E-state index contributed by atoms with van der Waals surface area (Å²) in [5, 5.41) is 0. The maximum Gasteiger partial charge on any atom is 0.330 e. The zero-order chi connectivity index (χ0) is 8.53. The summed E-state index contributed by atoms with van der Waals surface area (Å²) in [6.07, 6.45) is 4.25. The molecule has 68 valence electrons. The van der Waals surface area contributed by atoms with E-state index in [0.717, 1.165) is 25.7 Å². The van der Waals surface area contributed by atoms with E-state index in [1.807, 2.05) is 0 Å². The van der Waals surface area contributed by atoms with Gasteiger partial charge < -0.3 is 0 Å². The molecule has 0 saturated carbocycles. The number of rotatable bonds is 7. The van der Waals surface area contributed by atoms with Crippen molar-refractivity contribution < 1.29 is 18.0 Å². The summed E-state index contributed by atoms with van der Waals surface area (Å²) in [4.78, 5) is 4.39. The molecule has 1 unspecified atom stereocenters. The van der Waals surface area contributed by atoms with Crippen LogP contribution < -0.4 is 0 Å². The fraction of sp³-hybridized carbons (Fsp3) is 1.00. The van der Waals surface area contributed by atoms with Crippen molar-refractivity contribution in [3.05, 3.63) is 0 Å². The Morgan fingerprint density at radius 2 is 2.09 bits per heavy atom. The predicted molar refractivity (Wildman–Crippen MR) is 42.0 cm³/mol. The van der Waals surface area contributed by atoms with Crippen molar-refractivity contribution in [1.82, 2.24) is 0 Å². The Labute approximate surface area is 69.3 Å². The van der Waals surface area contributed by atoms with Gasteiger partial charge in [-0.3, -0.25) is 4.55 Å². The summed E-state index contributed by atoms with van der Waals surface area (Å²) in [6, 6.07) is 0. The van der Waals surface area contributed by atoms with Crippen molar-refractivity contribution in [2.24, 2.45) is 0 Å². The molecule has 1 atom stereocenters. The van der Waals surface area contributed by atoms with Gasteiger partial charge in [-0.25, -0.2) is 4.89 Å². The lowest BCUT2D eigenvalue weighted by atomic mass is 10.2. The Morgan fingerprint density at radius 1 is 1.36 bits per heavy atom. The van der Waals surface area contributed by atoms with Gasteiger partial charge in [0.05, 0.1) is 6.61 Å². The number of hydrogen-bond donors (Lipinski definition) is 1. The summed E-state index contributed by atoms with van der Waals surface area (Å²) in [7, 11) is 0. The van der Waals surface area contributed by atoms with Gasteiger partial charge in [0.2, 0.25) is 0 Å². The van der Waals surface area contributed by atoms with Crippen LogP contribution in [0.3, 0.4) is 0 Å². The van der Waals surface area contributed by atoms with Crippen molar-refractivity contribution in [1.29, 1.82) is 0 Å². The van der Waals surface area contributed by atoms with E-state index in [1.165, 1.54) is 0 Å².